The Hall–Kier alpha value is -7.99. The van der Waals surface area contributed by atoms with Gasteiger partial charge in [0.25, 0.3) is 0 Å². The van der Waals surface area contributed by atoms with Crippen molar-refractivity contribution in [1.82, 2.24) is 0 Å². The predicted octanol–water partition coefficient (Wildman–Crippen LogP) is 7.18. The van der Waals surface area contributed by atoms with Gasteiger partial charge < -0.3 is 42.6 Å². The van der Waals surface area contributed by atoms with E-state index in [0.29, 0.717) is 38.5 Å². The fourth-order valence-electron chi connectivity index (χ4n) is 8.06. The summed E-state index contributed by atoms with van der Waals surface area (Å²) in [4.78, 5) is 115. The zero-order valence-electron chi connectivity index (χ0n) is 38.7. The number of esters is 9. The molecule has 0 aromatic heterocycles. The van der Waals surface area contributed by atoms with Gasteiger partial charge in [0.2, 0.25) is 6.79 Å². The van der Waals surface area contributed by atoms with Gasteiger partial charge in [-0.25, -0.2) is 14.4 Å². The molecular formula is C52H52O18. The topological polar surface area (TPSA) is 237 Å². The zero-order valence-corrected chi connectivity index (χ0v) is 38.7. The van der Waals surface area contributed by atoms with Crippen molar-refractivity contribution in [3.63, 3.8) is 0 Å². The molecule has 0 atom stereocenters. The molecule has 368 valence electrons. The van der Waals surface area contributed by atoms with E-state index in [0.717, 1.165) is 6.08 Å². The highest BCUT2D eigenvalue weighted by molar-refractivity contribution is 5.96. The second-order valence-electron chi connectivity index (χ2n) is 16.9. The number of hydrogen-bond acceptors (Lipinski definition) is 18. The number of carbonyl (C=O) groups excluding carboxylic acids is 9. The Balaban J connectivity index is 1.15. The Morgan fingerprint density at radius 3 is 1.26 bits per heavy atom. The first-order valence-electron chi connectivity index (χ1n) is 22.5. The largest absolute Gasteiger partial charge is 0.428 e. The average molecular weight is 965 g/mol. The second kappa shape index (κ2) is 25.4. The fourth-order valence-corrected chi connectivity index (χ4v) is 8.06. The smallest absolute Gasteiger partial charge is 0.347 e. The normalized spacial score (nSPS) is 20.4. The Labute approximate surface area is 403 Å². The third-order valence-corrected chi connectivity index (χ3v) is 11.8. The van der Waals surface area contributed by atoms with Gasteiger partial charge in [-0.3, -0.25) is 28.8 Å². The summed E-state index contributed by atoms with van der Waals surface area (Å²) in [5, 5.41) is 0. The van der Waals surface area contributed by atoms with Gasteiger partial charge in [0, 0.05) is 12.0 Å². The van der Waals surface area contributed by atoms with Gasteiger partial charge in [-0.2, -0.15) is 0 Å². The van der Waals surface area contributed by atoms with Crippen molar-refractivity contribution in [3.05, 3.63) is 84.9 Å². The van der Waals surface area contributed by atoms with Crippen molar-refractivity contribution in [3.8, 4) is 47.4 Å². The lowest BCUT2D eigenvalue weighted by Crippen LogP contribution is -2.30. The predicted molar refractivity (Wildman–Crippen MR) is 242 cm³/mol. The molecule has 70 heavy (non-hydrogen) atoms. The Kier molecular flexibility index (Phi) is 19.2. The minimum atomic E-state index is -0.921. The third-order valence-electron chi connectivity index (χ3n) is 11.8. The summed E-state index contributed by atoms with van der Waals surface area (Å²) in [5.74, 6) is -5.62. The standard InChI is InChI=1S/C52H52O18/c1-7-9-26-62-45(54)32-10-14-36(15-11-32)49(58)69-42-24-22-38(27-40(42)51(60)65-30(3)4)67-47(56)34-18-20-35(21-19-34)48(57)68-39-23-25-43(41(28-39)52(61)66-31(5)6)70-50(59)37-16-12-33(13-17-37)46(55)64-29-63-44(53)8-2/h1,8,22-25,27-28,32-37H,2-3,5,10-21,29H2,4,6H3. The molecule has 0 aliphatic heterocycles. The van der Waals surface area contributed by atoms with E-state index in [9.17, 15) is 43.2 Å². The number of ether oxygens (including phenoxy) is 9. The molecule has 0 N–H and O–H groups in total. The molecule has 0 unspecified atom stereocenters. The fraction of sp³-hybridized carbons (Fsp3) is 0.404. The van der Waals surface area contributed by atoms with E-state index in [1.165, 1.54) is 50.2 Å². The Morgan fingerprint density at radius 1 is 0.543 bits per heavy atom. The number of hydrogen-bond donors (Lipinski definition) is 0. The van der Waals surface area contributed by atoms with Gasteiger partial charge >= 0.3 is 53.7 Å². The van der Waals surface area contributed by atoms with E-state index in [-0.39, 0.29) is 84.2 Å². The van der Waals surface area contributed by atoms with Crippen LogP contribution in [0.1, 0.15) is 112 Å². The van der Waals surface area contributed by atoms with Crippen LogP contribution in [-0.2, 0) is 57.2 Å². The molecule has 3 saturated carbocycles. The van der Waals surface area contributed by atoms with Gasteiger partial charge in [0.05, 0.1) is 47.0 Å². The molecule has 2 aromatic rings. The minimum absolute atomic E-state index is 0.0292. The number of terminal acetylenes is 1. The Bertz CT molecular complexity index is 2510. The molecule has 18 heteroatoms. The van der Waals surface area contributed by atoms with Crippen LogP contribution in [0.4, 0.5) is 0 Å². The van der Waals surface area contributed by atoms with Crippen LogP contribution >= 0.6 is 0 Å². The van der Waals surface area contributed by atoms with Crippen LogP contribution < -0.4 is 18.9 Å². The SMILES string of the molecule is C#CC#COC(=O)C1CCC(C(=O)Oc2ccc(OC(=O)C3CCC(C(=O)Oc4ccc(OC(=O)C5CCC(C(=O)OCOC(=O)C=C)CC5)c(C(=O)OC(=C)C)c4)CC3)cc2C(=O)OC(=C)C)CC1. The molecule has 0 heterocycles. The van der Waals surface area contributed by atoms with Crippen molar-refractivity contribution in [2.45, 2.75) is 90.9 Å². The third kappa shape index (κ3) is 15.3. The van der Waals surface area contributed by atoms with E-state index < -0.39 is 96.0 Å². The summed E-state index contributed by atoms with van der Waals surface area (Å²) in [5.41, 5.74) is -0.416. The molecule has 3 aliphatic rings. The summed E-state index contributed by atoms with van der Waals surface area (Å²) >= 11 is 0. The van der Waals surface area contributed by atoms with Crippen LogP contribution in [0.5, 0.6) is 23.0 Å². The van der Waals surface area contributed by atoms with Gasteiger partial charge in [-0.1, -0.05) is 19.7 Å². The highest BCUT2D eigenvalue weighted by atomic mass is 16.7. The maximum absolute atomic E-state index is 13.4. The summed E-state index contributed by atoms with van der Waals surface area (Å²) in [7, 11) is 0. The van der Waals surface area contributed by atoms with Gasteiger partial charge in [0.15, 0.2) is 0 Å². The molecule has 5 rings (SSSR count). The molecule has 2 aromatic carbocycles. The Morgan fingerprint density at radius 2 is 0.900 bits per heavy atom. The molecule has 0 spiro atoms. The number of carbonyl (C=O) groups is 9. The van der Waals surface area contributed by atoms with Crippen molar-refractivity contribution in [2.24, 2.45) is 35.5 Å². The number of rotatable bonds is 17. The lowest BCUT2D eigenvalue weighted by Gasteiger charge is -2.26. The van der Waals surface area contributed by atoms with Crippen molar-refractivity contribution >= 4 is 53.7 Å². The zero-order chi connectivity index (χ0) is 50.9. The van der Waals surface area contributed by atoms with Crippen molar-refractivity contribution in [2.75, 3.05) is 6.79 Å². The maximum Gasteiger partial charge on any atom is 0.347 e. The van der Waals surface area contributed by atoms with Crippen LogP contribution in [0, 0.1) is 59.9 Å². The van der Waals surface area contributed by atoms with Crippen molar-refractivity contribution < 1.29 is 85.8 Å². The second-order valence-corrected chi connectivity index (χ2v) is 16.9. The van der Waals surface area contributed by atoms with Gasteiger partial charge in [-0.15, -0.1) is 6.42 Å². The van der Waals surface area contributed by atoms with Crippen LogP contribution in [0.15, 0.2) is 73.7 Å². The van der Waals surface area contributed by atoms with Crippen LogP contribution in [0.3, 0.4) is 0 Å². The minimum Gasteiger partial charge on any atom is -0.428 e. The molecule has 0 bridgehead atoms. The first-order chi connectivity index (χ1) is 33.5. The first kappa shape index (κ1) is 53.0. The van der Waals surface area contributed by atoms with E-state index in [1.54, 1.807) is 0 Å². The molecule has 3 fully saturated rings. The molecule has 3 aliphatic carbocycles. The molecule has 0 amide bonds. The van der Waals surface area contributed by atoms with Crippen LogP contribution in [0.25, 0.3) is 0 Å². The van der Waals surface area contributed by atoms with Gasteiger partial charge in [-0.05, 0) is 133 Å². The van der Waals surface area contributed by atoms with Crippen LogP contribution in [-0.4, -0.2) is 60.5 Å². The lowest BCUT2D eigenvalue weighted by molar-refractivity contribution is -0.169. The van der Waals surface area contributed by atoms with Gasteiger partial charge in [0.1, 0.15) is 40.2 Å². The highest BCUT2D eigenvalue weighted by Gasteiger charge is 2.36. The molecular weight excluding hydrogens is 913 g/mol. The van der Waals surface area contributed by atoms with Crippen LogP contribution in [0.2, 0.25) is 0 Å². The molecule has 0 saturated heterocycles. The number of allylic oxidation sites excluding steroid dienone is 2. The van der Waals surface area contributed by atoms with Crippen molar-refractivity contribution in [1.29, 1.82) is 0 Å². The lowest BCUT2D eigenvalue weighted by atomic mass is 9.82. The van der Waals surface area contributed by atoms with E-state index in [2.05, 4.69) is 36.5 Å². The monoisotopic (exact) mass is 964 g/mol. The highest BCUT2D eigenvalue weighted by Crippen LogP contribution is 2.36. The van der Waals surface area contributed by atoms with E-state index in [1.807, 2.05) is 5.92 Å². The summed E-state index contributed by atoms with van der Waals surface area (Å²) < 4.78 is 47.5. The van der Waals surface area contributed by atoms with E-state index >= 15 is 0 Å². The van der Waals surface area contributed by atoms with E-state index in [4.69, 9.17) is 44.3 Å². The molecule has 18 nitrogen and oxygen atoms in total. The summed E-state index contributed by atoms with van der Waals surface area (Å²) in [6.07, 6.45) is 11.6. The summed E-state index contributed by atoms with van der Waals surface area (Å²) in [6, 6.07) is 7.74. The molecule has 0 radical (unpaired) electrons. The first-order valence-corrected chi connectivity index (χ1v) is 22.5. The average Bonchev–Trinajstić information content (AvgIpc) is 3.34. The number of benzene rings is 2. The summed E-state index contributed by atoms with van der Waals surface area (Å²) in [6.45, 7) is 12.8. The maximum atomic E-state index is 13.4. The quantitative estimate of drug-likeness (QED) is 0.0290.